The lowest BCUT2D eigenvalue weighted by atomic mass is 9.96. The van der Waals surface area contributed by atoms with E-state index in [1.54, 1.807) is 24.2 Å². The minimum absolute atomic E-state index is 0.182. The second-order valence-electron chi connectivity index (χ2n) is 14.4. The summed E-state index contributed by atoms with van der Waals surface area (Å²) in [6.07, 6.45) is 7.16. The Morgan fingerprint density at radius 2 is 1.88 bits per heavy atom. The summed E-state index contributed by atoms with van der Waals surface area (Å²) >= 11 is 0. The fourth-order valence-corrected chi connectivity index (χ4v) is 8.16. The van der Waals surface area contributed by atoms with Crippen LogP contribution in [-0.2, 0) is 47.3 Å². The lowest BCUT2D eigenvalue weighted by molar-refractivity contribution is -0.142. The van der Waals surface area contributed by atoms with Crippen LogP contribution < -0.4 is 20.7 Å². The Morgan fingerprint density at radius 1 is 1.04 bits per heavy atom. The molecule has 7 heterocycles. The van der Waals surface area contributed by atoms with Crippen molar-refractivity contribution < 1.29 is 23.5 Å². The Kier molecular flexibility index (Phi) is 9.08. The molecule has 4 aromatic rings. The number of esters is 1. The normalized spacial score (nSPS) is 19.2. The zero-order valence-electron chi connectivity index (χ0n) is 29.9. The maximum atomic E-state index is 15.6. The minimum atomic E-state index is -0.553. The highest BCUT2D eigenvalue weighted by molar-refractivity contribution is 6.09. The summed E-state index contributed by atoms with van der Waals surface area (Å²) in [7, 11) is 1.63. The second kappa shape index (κ2) is 13.8. The quantitative estimate of drug-likeness (QED) is 0.262. The SMILES string of the molecule is CC(=O)OCc1c(-c2cc(Nc3ccc(N4CCN(C5COC5)CC4C)cn3)c(=O)n(C)c2)cc(F)cc1N1CCc2c(cc3n2CCCC3)C1=O. The summed E-state index contributed by atoms with van der Waals surface area (Å²) in [5.74, 6) is -0.774. The molecule has 0 spiro atoms. The van der Waals surface area contributed by atoms with Gasteiger partial charge in [-0.2, -0.15) is 0 Å². The Bertz CT molecular complexity index is 2090. The number of fused-ring (bicyclic) bond motifs is 3. The average Bonchev–Trinajstić information content (AvgIpc) is 3.49. The van der Waals surface area contributed by atoms with Crippen LogP contribution in [0.5, 0.6) is 0 Å². The van der Waals surface area contributed by atoms with Gasteiger partial charge in [0.2, 0.25) is 0 Å². The maximum Gasteiger partial charge on any atom is 0.302 e. The van der Waals surface area contributed by atoms with Gasteiger partial charge in [0, 0.05) is 87.9 Å². The van der Waals surface area contributed by atoms with Gasteiger partial charge in [-0.1, -0.05) is 0 Å². The van der Waals surface area contributed by atoms with E-state index in [0.717, 1.165) is 75.7 Å². The average molecular weight is 710 g/mol. The lowest BCUT2D eigenvalue weighted by Gasteiger charge is -2.46. The third kappa shape index (κ3) is 6.36. The van der Waals surface area contributed by atoms with Crippen molar-refractivity contribution in [2.45, 2.75) is 64.8 Å². The van der Waals surface area contributed by atoms with E-state index >= 15 is 4.39 Å². The predicted octanol–water partition coefficient (Wildman–Crippen LogP) is 4.64. The molecule has 3 aromatic heterocycles. The number of aryl methyl sites for hydroxylation is 2. The summed E-state index contributed by atoms with van der Waals surface area (Å²) in [6, 6.07) is 11.0. The second-order valence-corrected chi connectivity index (χ2v) is 14.4. The molecule has 12 nitrogen and oxygen atoms in total. The van der Waals surface area contributed by atoms with Gasteiger partial charge in [-0.25, -0.2) is 9.37 Å². The first-order chi connectivity index (χ1) is 25.1. The van der Waals surface area contributed by atoms with Crippen LogP contribution in [-0.4, -0.2) is 82.4 Å². The van der Waals surface area contributed by atoms with E-state index in [9.17, 15) is 14.4 Å². The van der Waals surface area contributed by atoms with Gasteiger partial charge in [0.05, 0.1) is 42.4 Å². The van der Waals surface area contributed by atoms with Crippen molar-refractivity contribution in [3.63, 3.8) is 0 Å². The number of carbonyl (C=O) groups excluding carboxylic acids is 2. The number of hydrogen-bond donors (Lipinski definition) is 1. The van der Waals surface area contributed by atoms with E-state index in [1.807, 2.05) is 24.4 Å². The Balaban J connectivity index is 1.09. The zero-order valence-corrected chi connectivity index (χ0v) is 29.9. The molecule has 52 heavy (non-hydrogen) atoms. The van der Waals surface area contributed by atoms with Crippen LogP contribution in [0, 0.1) is 5.82 Å². The largest absolute Gasteiger partial charge is 0.461 e. The van der Waals surface area contributed by atoms with Gasteiger partial charge >= 0.3 is 5.97 Å². The van der Waals surface area contributed by atoms with E-state index in [1.165, 1.54) is 23.6 Å². The van der Waals surface area contributed by atoms with E-state index in [2.05, 4.69) is 31.6 Å². The van der Waals surface area contributed by atoms with Crippen molar-refractivity contribution in [3.8, 4) is 11.1 Å². The molecule has 272 valence electrons. The van der Waals surface area contributed by atoms with Crippen molar-refractivity contribution >= 4 is 34.8 Å². The van der Waals surface area contributed by atoms with Crippen LogP contribution in [0.15, 0.2) is 53.6 Å². The zero-order chi connectivity index (χ0) is 36.1. The minimum Gasteiger partial charge on any atom is -0.461 e. The highest BCUT2D eigenvalue weighted by Crippen LogP contribution is 2.38. The van der Waals surface area contributed by atoms with Crippen molar-refractivity contribution in [2.75, 3.05) is 54.5 Å². The summed E-state index contributed by atoms with van der Waals surface area (Å²) < 4.78 is 30.2. The van der Waals surface area contributed by atoms with E-state index in [0.29, 0.717) is 58.8 Å². The van der Waals surface area contributed by atoms with Crippen LogP contribution in [0.25, 0.3) is 11.1 Å². The first kappa shape index (κ1) is 34.1. The molecule has 1 N–H and O–H groups in total. The van der Waals surface area contributed by atoms with Crippen molar-refractivity contribution in [1.29, 1.82) is 0 Å². The number of ether oxygens (including phenoxy) is 2. The number of pyridine rings is 2. The number of piperazine rings is 1. The number of carbonyl (C=O) groups is 2. The fraction of sp³-hybridized carbons (Fsp3) is 0.436. The molecule has 13 heteroatoms. The van der Waals surface area contributed by atoms with Crippen LogP contribution in [0.1, 0.15) is 54.0 Å². The van der Waals surface area contributed by atoms with Crippen molar-refractivity contribution in [3.05, 3.63) is 87.5 Å². The summed E-state index contributed by atoms with van der Waals surface area (Å²) in [4.78, 5) is 50.6. The molecule has 1 amide bonds. The van der Waals surface area contributed by atoms with Gasteiger partial charge in [-0.05, 0) is 68.1 Å². The third-order valence-corrected chi connectivity index (χ3v) is 10.9. The van der Waals surface area contributed by atoms with Gasteiger partial charge in [-0.3, -0.25) is 19.3 Å². The van der Waals surface area contributed by atoms with Crippen molar-refractivity contribution in [2.24, 2.45) is 7.05 Å². The fourth-order valence-electron chi connectivity index (χ4n) is 8.16. The summed E-state index contributed by atoms with van der Waals surface area (Å²) in [5, 5.41) is 3.17. The molecular weight excluding hydrogens is 665 g/mol. The number of nitrogens with one attached hydrogen (secondary N) is 1. The van der Waals surface area contributed by atoms with Crippen molar-refractivity contribution in [1.82, 2.24) is 19.0 Å². The first-order valence-corrected chi connectivity index (χ1v) is 18.2. The summed E-state index contributed by atoms with van der Waals surface area (Å²) in [6.45, 7) is 9.01. The topological polar surface area (TPSA) is 114 Å². The number of benzene rings is 1. The first-order valence-electron chi connectivity index (χ1n) is 18.2. The molecule has 1 atom stereocenters. The number of nitrogens with zero attached hydrogens (tertiary/aromatic N) is 6. The van der Waals surface area contributed by atoms with Crippen LogP contribution >= 0.6 is 0 Å². The highest BCUT2D eigenvalue weighted by atomic mass is 19.1. The summed E-state index contributed by atoms with van der Waals surface area (Å²) in [5.41, 5.74) is 5.52. The van der Waals surface area contributed by atoms with Gasteiger partial charge in [-0.15, -0.1) is 0 Å². The molecule has 0 bridgehead atoms. The van der Waals surface area contributed by atoms with Gasteiger partial charge in [0.15, 0.2) is 0 Å². The molecule has 1 unspecified atom stereocenters. The van der Waals surface area contributed by atoms with E-state index in [4.69, 9.17) is 9.47 Å². The Morgan fingerprint density at radius 3 is 2.62 bits per heavy atom. The standard InChI is InChI=1S/C39H44FN7O5/c1-24-19-44(30-21-51-22-30)12-13-45(24)29-7-8-37(41-18-29)42-34-14-26(20-43(3)39(34)50)31-15-27(40)16-36(33(31)23-52-25(2)48)47-11-9-35-32(38(47)49)17-28-6-4-5-10-46(28)35/h7-8,14-18,20,24,30H,4-6,9-13,19,21-23H2,1-3H3,(H,41,42). The molecule has 0 aliphatic carbocycles. The number of rotatable bonds is 8. The lowest BCUT2D eigenvalue weighted by Crippen LogP contribution is -2.59. The van der Waals surface area contributed by atoms with E-state index in [-0.39, 0.29) is 23.8 Å². The number of amides is 1. The Hall–Kier alpha value is -5.01. The van der Waals surface area contributed by atoms with Crippen LogP contribution in [0.4, 0.5) is 27.3 Å². The van der Waals surface area contributed by atoms with Gasteiger partial charge < -0.3 is 33.7 Å². The Labute approximate surface area is 301 Å². The third-order valence-electron chi connectivity index (χ3n) is 10.9. The molecule has 4 aliphatic heterocycles. The van der Waals surface area contributed by atoms with E-state index < -0.39 is 11.8 Å². The van der Waals surface area contributed by atoms with Gasteiger partial charge in [0.1, 0.15) is 23.9 Å². The smallest absolute Gasteiger partial charge is 0.302 e. The molecular formula is C39H44FN7O5. The molecule has 4 aliphatic rings. The number of aromatic nitrogens is 3. The molecule has 0 radical (unpaired) electrons. The molecule has 0 saturated carbocycles. The van der Waals surface area contributed by atoms with Gasteiger partial charge in [0.25, 0.3) is 11.5 Å². The molecule has 8 rings (SSSR count). The number of anilines is 4. The number of hydrogen-bond acceptors (Lipinski definition) is 9. The van der Waals surface area contributed by atoms with Crippen LogP contribution in [0.2, 0.25) is 0 Å². The number of halogens is 1. The molecule has 2 saturated heterocycles. The molecule has 2 fully saturated rings. The monoisotopic (exact) mass is 709 g/mol. The predicted molar refractivity (Wildman–Crippen MR) is 196 cm³/mol. The molecule has 1 aromatic carbocycles. The maximum absolute atomic E-state index is 15.6. The highest BCUT2D eigenvalue weighted by Gasteiger charge is 2.34. The van der Waals surface area contributed by atoms with Crippen LogP contribution in [0.3, 0.4) is 0 Å².